The van der Waals surface area contributed by atoms with Crippen LogP contribution in [0.4, 0.5) is 0 Å². The molecular formula is C26H47NOSi. The summed E-state index contributed by atoms with van der Waals surface area (Å²) >= 11 is 0. The summed E-state index contributed by atoms with van der Waals surface area (Å²) in [5, 5.41) is 0. The number of fused-ring (bicyclic) bond motifs is 1. The average Bonchev–Trinajstić information content (AvgIpc) is 2.68. The molecule has 1 aromatic rings. The van der Waals surface area contributed by atoms with Gasteiger partial charge in [0.25, 0.3) is 8.32 Å². The molecule has 1 unspecified atom stereocenters. The van der Waals surface area contributed by atoms with Crippen molar-refractivity contribution in [2.45, 2.75) is 136 Å². The van der Waals surface area contributed by atoms with Crippen molar-refractivity contribution in [1.82, 2.24) is 4.98 Å². The predicted molar refractivity (Wildman–Crippen MR) is 130 cm³/mol. The van der Waals surface area contributed by atoms with E-state index in [1.165, 1.54) is 53.9 Å². The summed E-state index contributed by atoms with van der Waals surface area (Å²) in [5.41, 5.74) is 7.41. The third-order valence-corrected chi connectivity index (χ3v) is 13.4. The summed E-state index contributed by atoms with van der Waals surface area (Å²) in [4.78, 5) is 5.30. The summed E-state index contributed by atoms with van der Waals surface area (Å²) in [6.07, 6.45) is 9.53. The first-order valence-corrected chi connectivity index (χ1v) is 14.6. The zero-order valence-electron chi connectivity index (χ0n) is 20.8. The van der Waals surface area contributed by atoms with E-state index in [1.54, 1.807) is 0 Å². The lowest BCUT2D eigenvalue weighted by atomic mass is 9.88. The fourth-order valence-corrected chi connectivity index (χ4v) is 10.9. The van der Waals surface area contributed by atoms with Gasteiger partial charge in [0.15, 0.2) is 0 Å². The second-order valence-electron chi connectivity index (χ2n) is 10.3. The van der Waals surface area contributed by atoms with Gasteiger partial charge in [0.05, 0.1) is 5.69 Å². The second-order valence-corrected chi connectivity index (χ2v) is 15.6. The van der Waals surface area contributed by atoms with Crippen LogP contribution in [0, 0.1) is 0 Å². The Balaban J connectivity index is 2.74. The molecule has 2 rings (SSSR count). The van der Waals surface area contributed by atoms with Gasteiger partial charge < -0.3 is 4.43 Å². The SMILES string of the molecule is CCCCc1c(C(C)CC)nc2c(c1O[Si](C(C)C)(C(C)C)C(C)C)CCCC2. The normalized spacial score (nSPS) is 15.9. The van der Waals surface area contributed by atoms with Gasteiger partial charge in [0.1, 0.15) is 5.75 Å². The lowest BCUT2D eigenvalue weighted by Crippen LogP contribution is -2.51. The van der Waals surface area contributed by atoms with Crippen LogP contribution in [-0.4, -0.2) is 13.3 Å². The lowest BCUT2D eigenvalue weighted by Gasteiger charge is -2.44. The third kappa shape index (κ3) is 4.92. The molecule has 1 heterocycles. The van der Waals surface area contributed by atoms with Gasteiger partial charge >= 0.3 is 0 Å². The molecular weight excluding hydrogens is 370 g/mol. The van der Waals surface area contributed by atoms with Crippen molar-refractivity contribution in [3.8, 4) is 5.75 Å². The Morgan fingerprint density at radius 1 is 0.897 bits per heavy atom. The maximum atomic E-state index is 7.45. The first-order chi connectivity index (χ1) is 13.7. The fourth-order valence-electron chi connectivity index (χ4n) is 5.62. The summed E-state index contributed by atoms with van der Waals surface area (Å²) in [7, 11) is -1.99. The highest BCUT2D eigenvalue weighted by Gasteiger charge is 2.48. The predicted octanol–water partition coefficient (Wildman–Crippen LogP) is 8.37. The molecule has 2 nitrogen and oxygen atoms in total. The summed E-state index contributed by atoms with van der Waals surface area (Å²) < 4.78 is 7.45. The van der Waals surface area contributed by atoms with E-state index < -0.39 is 8.32 Å². The first kappa shape index (κ1) is 24.4. The molecule has 1 aliphatic carbocycles. The molecule has 0 N–H and O–H groups in total. The Morgan fingerprint density at radius 3 is 2.00 bits per heavy atom. The van der Waals surface area contributed by atoms with Gasteiger partial charge in [0, 0.05) is 16.8 Å². The van der Waals surface area contributed by atoms with Crippen molar-refractivity contribution in [3.63, 3.8) is 0 Å². The van der Waals surface area contributed by atoms with Crippen LogP contribution in [0.2, 0.25) is 16.6 Å². The number of aromatic nitrogens is 1. The zero-order valence-corrected chi connectivity index (χ0v) is 21.8. The molecule has 0 bridgehead atoms. The molecule has 0 amide bonds. The zero-order chi connectivity index (χ0) is 21.8. The molecule has 0 radical (unpaired) electrons. The number of hydrogen-bond donors (Lipinski definition) is 0. The quantitative estimate of drug-likeness (QED) is 0.357. The maximum absolute atomic E-state index is 7.45. The van der Waals surface area contributed by atoms with Crippen LogP contribution in [-0.2, 0) is 19.3 Å². The number of rotatable bonds is 10. The highest BCUT2D eigenvalue weighted by molar-refractivity contribution is 6.78. The minimum atomic E-state index is -1.99. The monoisotopic (exact) mass is 417 g/mol. The van der Waals surface area contributed by atoms with E-state index >= 15 is 0 Å². The lowest BCUT2D eigenvalue weighted by molar-refractivity contribution is 0.458. The van der Waals surface area contributed by atoms with E-state index in [1.807, 2.05) is 0 Å². The van der Waals surface area contributed by atoms with E-state index in [9.17, 15) is 0 Å². The standard InChI is InChI=1S/C26H47NOSi/c1-10-12-15-23-25(21(9)11-2)27-24-17-14-13-16-22(24)26(23)28-29(18(3)4,19(5)6)20(7)8/h18-21H,10-17H2,1-9H3. The highest BCUT2D eigenvalue weighted by atomic mass is 28.4. The van der Waals surface area contributed by atoms with Gasteiger partial charge in [-0.25, -0.2) is 0 Å². The Labute approximate surface area is 182 Å². The fraction of sp³-hybridized carbons (Fsp3) is 0.808. The van der Waals surface area contributed by atoms with Crippen molar-refractivity contribution < 1.29 is 4.43 Å². The van der Waals surface area contributed by atoms with Crippen LogP contribution in [0.15, 0.2) is 0 Å². The minimum absolute atomic E-state index is 0.504. The molecule has 0 saturated heterocycles. The molecule has 0 fully saturated rings. The Hall–Kier alpha value is -0.833. The van der Waals surface area contributed by atoms with Gasteiger partial charge in [-0.1, -0.05) is 68.7 Å². The van der Waals surface area contributed by atoms with E-state index in [0.717, 1.165) is 25.7 Å². The topological polar surface area (TPSA) is 22.1 Å². The molecule has 0 spiro atoms. The Bertz CT molecular complexity index is 643. The van der Waals surface area contributed by atoms with Gasteiger partial charge in [0.2, 0.25) is 0 Å². The van der Waals surface area contributed by atoms with E-state index in [2.05, 4.69) is 62.3 Å². The Morgan fingerprint density at radius 2 is 1.48 bits per heavy atom. The van der Waals surface area contributed by atoms with Crippen LogP contribution in [0.25, 0.3) is 0 Å². The summed E-state index contributed by atoms with van der Waals surface area (Å²) in [5.74, 6) is 1.80. The molecule has 0 aliphatic heterocycles. The van der Waals surface area contributed by atoms with Crippen LogP contribution in [0.3, 0.4) is 0 Å². The van der Waals surface area contributed by atoms with Crippen molar-refractivity contribution in [2.24, 2.45) is 0 Å². The second kappa shape index (κ2) is 10.5. The number of hydrogen-bond acceptors (Lipinski definition) is 2. The van der Waals surface area contributed by atoms with E-state index in [4.69, 9.17) is 9.41 Å². The van der Waals surface area contributed by atoms with E-state index in [0.29, 0.717) is 22.5 Å². The molecule has 29 heavy (non-hydrogen) atoms. The number of aryl methyl sites for hydroxylation is 1. The number of pyridine rings is 1. The molecule has 0 saturated carbocycles. The summed E-state index contributed by atoms with van der Waals surface area (Å²) in [6, 6.07) is 0. The smallest absolute Gasteiger partial charge is 0.258 e. The van der Waals surface area contributed by atoms with Crippen molar-refractivity contribution in [1.29, 1.82) is 0 Å². The van der Waals surface area contributed by atoms with E-state index in [-0.39, 0.29) is 0 Å². The van der Waals surface area contributed by atoms with Crippen molar-refractivity contribution >= 4 is 8.32 Å². The van der Waals surface area contributed by atoms with Gasteiger partial charge in [-0.05, 0) is 67.5 Å². The van der Waals surface area contributed by atoms with Gasteiger partial charge in [-0.3, -0.25) is 4.98 Å². The largest absolute Gasteiger partial charge is 0.542 e. The van der Waals surface area contributed by atoms with Gasteiger partial charge in [-0.2, -0.15) is 0 Å². The van der Waals surface area contributed by atoms with Crippen molar-refractivity contribution in [3.05, 3.63) is 22.5 Å². The maximum Gasteiger partial charge on any atom is 0.258 e. The molecule has 1 aromatic heterocycles. The third-order valence-electron chi connectivity index (χ3n) is 7.40. The Kier molecular flexibility index (Phi) is 8.82. The molecule has 0 aromatic carbocycles. The number of unbranched alkanes of at least 4 members (excludes halogenated alkanes) is 1. The van der Waals surface area contributed by atoms with Crippen LogP contribution >= 0.6 is 0 Å². The van der Waals surface area contributed by atoms with Crippen LogP contribution in [0.1, 0.15) is 123 Å². The number of nitrogens with zero attached hydrogens (tertiary/aromatic N) is 1. The van der Waals surface area contributed by atoms with Gasteiger partial charge in [-0.15, -0.1) is 0 Å². The van der Waals surface area contributed by atoms with Crippen molar-refractivity contribution in [2.75, 3.05) is 0 Å². The van der Waals surface area contributed by atoms with Crippen LogP contribution in [0.5, 0.6) is 5.75 Å². The molecule has 166 valence electrons. The average molecular weight is 418 g/mol. The van der Waals surface area contributed by atoms with Crippen LogP contribution < -0.4 is 4.43 Å². The molecule has 3 heteroatoms. The minimum Gasteiger partial charge on any atom is -0.542 e. The summed E-state index contributed by atoms with van der Waals surface area (Å²) in [6.45, 7) is 21.4. The first-order valence-electron chi connectivity index (χ1n) is 12.4. The molecule has 1 atom stereocenters. The molecule has 1 aliphatic rings. The highest BCUT2D eigenvalue weighted by Crippen LogP contribution is 2.46.